The second-order valence-corrected chi connectivity index (χ2v) is 6.23. The second kappa shape index (κ2) is 8.48. The smallest absolute Gasteiger partial charge is 0.387 e. The number of ether oxygens (including phenoxy) is 1. The number of nitrogens with zero attached hydrogens (tertiary/aromatic N) is 2. The second-order valence-electron chi connectivity index (χ2n) is 6.23. The van der Waals surface area contributed by atoms with E-state index in [1.54, 1.807) is 13.1 Å². The van der Waals surface area contributed by atoms with Gasteiger partial charge in [0.25, 0.3) is 0 Å². The molecule has 0 fully saturated rings. The summed E-state index contributed by atoms with van der Waals surface area (Å²) in [5.74, 6) is -0.338. The third-order valence-corrected chi connectivity index (χ3v) is 4.53. The van der Waals surface area contributed by atoms with Crippen molar-refractivity contribution < 1.29 is 17.9 Å². The van der Waals surface area contributed by atoms with Gasteiger partial charge in [-0.05, 0) is 18.1 Å². The predicted octanol–water partition coefficient (Wildman–Crippen LogP) is 4.12. The Hall–Kier alpha value is -3.14. The number of rotatable bonds is 6. The Balaban J connectivity index is 1.99. The maximum Gasteiger partial charge on any atom is 0.421 e. The number of nitrogens with one attached hydrogen (secondary N) is 4. The zero-order valence-corrected chi connectivity index (χ0v) is 15.9. The number of hydrogen-bond acceptors (Lipinski definition) is 7. The molecule has 10 heteroatoms. The quantitative estimate of drug-likeness (QED) is 0.539. The molecular formula is C19H21F3N6O. The molecule has 7 nitrogen and oxygen atoms in total. The molecular weight excluding hydrogens is 385 g/mol. The lowest BCUT2D eigenvalue weighted by Crippen LogP contribution is -2.13. The lowest BCUT2D eigenvalue weighted by Gasteiger charge is -2.21. The van der Waals surface area contributed by atoms with E-state index >= 15 is 0 Å². The summed E-state index contributed by atoms with van der Waals surface area (Å²) in [5, 5.41) is 16.3. The Morgan fingerprint density at radius 1 is 1.21 bits per heavy atom. The molecule has 0 spiro atoms. The summed E-state index contributed by atoms with van der Waals surface area (Å²) in [4.78, 5) is 7.71. The van der Waals surface area contributed by atoms with Crippen LogP contribution in [0, 0.1) is 5.41 Å². The van der Waals surface area contributed by atoms with E-state index in [0.717, 1.165) is 29.4 Å². The van der Waals surface area contributed by atoms with Crippen LogP contribution in [0.1, 0.15) is 23.1 Å². The van der Waals surface area contributed by atoms with E-state index < -0.39 is 11.7 Å². The molecule has 1 aromatic carbocycles. The van der Waals surface area contributed by atoms with E-state index in [2.05, 4.69) is 25.9 Å². The van der Waals surface area contributed by atoms with Gasteiger partial charge in [0.05, 0.1) is 24.6 Å². The van der Waals surface area contributed by atoms with Crippen molar-refractivity contribution in [1.29, 1.82) is 5.41 Å². The van der Waals surface area contributed by atoms with Gasteiger partial charge in [0.1, 0.15) is 11.4 Å². The van der Waals surface area contributed by atoms with Gasteiger partial charge in [-0.1, -0.05) is 12.1 Å². The van der Waals surface area contributed by atoms with E-state index in [1.807, 2.05) is 12.1 Å². The lowest BCUT2D eigenvalue weighted by molar-refractivity contribution is -0.137. The molecule has 2 heterocycles. The van der Waals surface area contributed by atoms with Gasteiger partial charge >= 0.3 is 6.18 Å². The molecule has 0 radical (unpaired) electrons. The van der Waals surface area contributed by atoms with Gasteiger partial charge in [-0.3, -0.25) is 0 Å². The van der Waals surface area contributed by atoms with Crippen LogP contribution in [0.5, 0.6) is 0 Å². The number of anilines is 4. The standard InChI is InChI=1S/C19H21F3N6O/c1-24-16-12(11-5-7-29-8-6-11)3-4-15(13(16)9-23)27-18-26-10-14(19(20,21)22)17(25-2)28-18/h3-5,9-10,23-24H,6-8H2,1-2H3,(H2,25,26,27,28). The highest BCUT2D eigenvalue weighted by atomic mass is 19.4. The van der Waals surface area contributed by atoms with Crippen LogP contribution in [0.25, 0.3) is 5.57 Å². The Labute approximate surface area is 165 Å². The summed E-state index contributed by atoms with van der Waals surface area (Å²) >= 11 is 0. The van der Waals surface area contributed by atoms with Crippen molar-refractivity contribution >= 4 is 34.9 Å². The largest absolute Gasteiger partial charge is 0.421 e. The molecule has 0 saturated heterocycles. The van der Waals surface area contributed by atoms with Crippen LogP contribution in [0.4, 0.5) is 36.3 Å². The summed E-state index contributed by atoms with van der Waals surface area (Å²) in [6.07, 6.45) is 0.104. The fourth-order valence-corrected chi connectivity index (χ4v) is 3.15. The molecule has 2 aromatic rings. The summed E-state index contributed by atoms with van der Waals surface area (Å²) in [5.41, 5.74) is 2.89. The fourth-order valence-electron chi connectivity index (χ4n) is 3.15. The van der Waals surface area contributed by atoms with Gasteiger partial charge in [0.15, 0.2) is 0 Å². The third kappa shape index (κ3) is 4.32. The minimum Gasteiger partial charge on any atom is -0.387 e. The van der Waals surface area contributed by atoms with Crippen molar-refractivity contribution in [1.82, 2.24) is 9.97 Å². The van der Waals surface area contributed by atoms with Crippen molar-refractivity contribution in [2.75, 3.05) is 43.3 Å². The van der Waals surface area contributed by atoms with Gasteiger partial charge in [-0.15, -0.1) is 0 Å². The highest BCUT2D eigenvalue weighted by Crippen LogP contribution is 2.36. The van der Waals surface area contributed by atoms with E-state index in [1.165, 1.54) is 13.3 Å². The summed E-state index contributed by atoms with van der Waals surface area (Å²) in [6.45, 7) is 1.16. The highest BCUT2D eigenvalue weighted by Gasteiger charge is 2.35. The highest BCUT2D eigenvalue weighted by molar-refractivity contribution is 5.98. The van der Waals surface area contributed by atoms with Crippen LogP contribution >= 0.6 is 0 Å². The average Bonchev–Trinajstić information content (AvgIpc) is 2.73. The summed E-state index contributed by atoms with van der Waals surface area (Å²) in [6, 6.07) is 3.65. The van der Waals surface area contributed by atoms with Crippen LogP contribution in [0.3, 0.4) is 0 Å². The lowest BCUT2D eigenvalue weighted by atomic mass is 9.96. The number of benzene rings is 1. The Kier molecular flexibility index (Phi) is 6.02. The van der Waals surface area contributed by atoms with Crippen molar-refractivity contribution in [3.8, 4) is 0 Å². The van der Waals surface area contributed by atoms with Gasteiger partial charge in [0, 0.05) is 37.6 Å². The van der Waals surface area contributed by atoms with Crippen molar-refractivity contribution in [2.45, 2.75) is 12.6 Å². The first-order valence-electron chi connectivity index (χ1n) is 8.90. The van der Waals surface area contributed by atoms with Gasteiger partial charge in [-0.25, -0.2) is 4.98 Å². The van der Waals surface area contributed by atoms with Crippen LogP contribution in [-0.4, -0.2) is 43.5 Å². The monoisotopic (exact) mass is 406 g/mol. The number of aromatic nitrogens is 2. The molecule has 1 aliphatic rings. The summed E-state index contributed by atoms with van der Waals surface area (Å²) in [7, 11) is 3.11. The zero-order chi connectivity index (χ0) is 21.0. The minimum atomic E-state index is -4.56. The fraction of sp³-hybridized carbons (Fsp3) is 0.316. The third-order valence-electron chi connectivity index (χ3n) is 4.53. The molecule has 0 bridgehead atoms. The van der Waals surface area contributed by atoms with Gasteiger partial charge in [0.2, 0.25) is 5.95 Å². The molecule has 4 N–H and O–H groups in total. The van der Waals surface area contributed by atoms with Crippen molar-refractivity contribution in [2.24, 2.45) is 0 Å². The van der Waals surface area contributed by atoms with Gasteiger partial charge < -0.3 is 26.1 Å². The van der Waals surface area contributed by atoms with Crippen LogP contribution < -0.4 is 16.0 Å². The van der Waals surface area contributed by atoms with E-state index in [4.69, 9.17) is 10.1 Å². The maximum absolute atomic E-state index is 13.0. The van der Waals surface area contributed by atoms with Crippen LogP contribution in [0.2, 0.25) is 0 Å². The molecule has 29 heavy (non-hydrogen) atoms. The molecule has 3 rings (SSSR count). The summed E-state index contributed by atoms with van der Waals surface area (Å²) < 4.78 is 44.5. The Bertz CT molecular complexity index is 942. The first kappa shape index (κ1) is 20.6. The van der Waals surface area contributed by atoms with Gasteiger partial charge in [-0.2, -0.15) is 18.2 Å². The van der Waals surface area contributed by atoms with E-state index in [9.17, 15) is 13.2 Å². The SMILES string of the molecule is CNc1nc(Nc2ccc(C3=CCOCC3)c(NC)c2C=N)ncc1C(F)(F)F. The van der Waals surface area contributed by atoms with Crippen LogP contribution in [0.15, 0.2) is 24.4 Å². The maximum atomic E-state index is 13.0. The molecule has 1 aliphatic heterocycles. The average molecular weight is 406 g/mol. The predicted molar refractivity (Wildman–Crippen MR) is 107 cm³/mol. The zero-order valence-electron chi connectivity index (χ0n) is 15.9. The number of halogens is 3. The molecule has 0 saturated carbocycles. The van der Waals surface area contributed by atoms with Crippen molar-refractivity contribution in [3.63, 3.8) is 0 Å². The van der Waals surface area contributed by atoms with Crippen LogP contribution in [-0.2, 0) is 10.9 Å². The molecule has 154 valence electrons. The Morgan fingerprint density at radius 3 is 2.59 bits per heavy atom. The molecule has 0 amide bonds. The normalized spacial score (nSPS) is 14.2. The minimum absolute atomic E-state index is 0.00876. The number of alkyl halides is 3. The topological polar surface area (TPSA) is 95.0 Å². The Morgan fingerprint density at radius 2 is 2.00 bits per heavy atom. The molecule has 1 aromatic heterocycles. The molecule has 0 aliphatic carbocycles. The first-order valence-corrected chi connectivity index (χ1v) is 8.90. The number of hydrogen-bond donors (Lipinski definition) is 4. The first-order chi connectivity index (χ1) is 13.9. The van der Waals surface area contributed by atoms with E-state index in [0.29, 0.717) is 24.5 Å². The van der Waals surface area contributed by atoms with E-state index in [-0.39, 0.29) is 11.8 Å². The molecule has 0 unspecified atom stereocenters. The van der Waals surface area contributed by atoms with Crippen molar-refractivity contribution in [3.05, 3.63) is 41.1 Å². The molecule has 0 atom stereocenters.